The van der Waals surface area contributed by atoms with Crippen LogP contribution in [0.3, 0.4) is 0 Å². The zero-order chi connectivity index (χ0) is 26.9. The minimum atomic E-state index is -1.18. The highest BCUT2D eigenvalue weighted by Gasteiger charge is 2.27. The van der Waals surface area contributed by atoms with Gasteiger partial charge in [-0.2, -0.15) is 0 Å². The topological polar surface area (TPSA) is 88.0 Å². The Bertz CT molecular complexity index is 591. The third kappa shape index (κ3) is 19.6. The first-order valence-electron chi connectivity index (χ1n) is 15.2. The van der Waals surface area contributed by atoms with E-state index in [0.29, 0.717) is 5.54 Å². The number of rotatable bonds is 22. The number of carboxylic acids is 1. The first-order valence-corrected chi connectivity index (χ1v) is 15.2. The average Bonchev–Trinajstić information content (AvgIpc) is 2.86. The van der Waals surface area contributed by atoms with Crippen LogP contribution in [0.2, 0.25) is 0 Å². The maximum absolute atomic E-state index is 10.7. The molecule has 0 fully saturated rings. The summed E-state index contributed by atoms with van der Waals surface area (Å²) >= 11 is 0. The summed E-state index contributed by atoms with van der Waals surface area (Å²) in [7, 11) is 0. The van der Waals surface area contributed by atoms with E-state index in [-0.39, 0.29) is 5.56 Å². The molecule has 0 spiro atoms. The van der Waals surface area contributed by atoms with Gasteiger partial charge in [0.1, 0.15) is 0 Å². The van der Waals surface area contributed by atoms with Crippen LogP contribution >= 0.6 is 0 Å². The molecule has 0 saturated carbocycles. The number of carboxylic acid groups (broad SMARTS) is 1. The van der Waals surface area contributed by atoms with Crippen molar-refractivity contribution in [2.75, 3.05) is 0 Å². The lowest BCUT2D eigenvalue weighted by Gasteiger charge is -2.26. The minimum Gasteiger partial charge on any atom is -0.872 e. The molecule has 36 heavy (non-hydrogen) atoms. The first-order chi connectivity index (χ1) is 17.4. The van der Waals surface area contributed by atoms with Crippen molar-refractivity contribution in [3.63, 3.8) is 0 Å². The summed E-state index contributed by atoms with van der Waals surface area (Å²) in [6.45, 7) is 6.92. The Kier molecular flexibility index (Phi) is 22.8. The molecule has 0 bridgehead atoms. The normalized spacial score (nSPS) is 11.2. The average molecular weight is 506 g/mol. The van der Waals surface area contributed by atoms with Crippen LogP contribution in [0.4, 0.5) is 0 Å². The first kappa shape index (κ1) is 34.5. The second-order valence-corrected chi connectivity index (χ2v) is 10.9. The van der Waals surface area contributed by atoms with Gasteiger partial charge in [0.25, 0.3) is 0 Å². The second-order valence-electron chi connectivity index (χ2n) is 10.9. The van der Waals surface area contributed by atoms with Crippen molar-refractivity contribution in [2.45, 2.75) is 161 Å². The zero-order valence-corrected chi connectivity index (χ0v) is 24.1. The molecule has 4 heteroatoms. The highest BCUT2D eigenvalue weighted by atomic mass is 16.4. The lowest BCUT2D eigenvalue weighted by Crippen LogP contribution is -2.72. The predicted molar refractivity (Wildman–Crippen MR) is 152 cm³/mol. The summed E-state index contributed by atoms with van der Waals surface area (Å²) < 4.78 is 0. The van der Waals surface area contributed by atoms with Crippen LogP contribution in [0.1, 0.15) is 166 Å². The number of quaternary nitrogens is 1. The van der Waals surface area contributed by atoms with Crippen molar-refractivity contribution >= 4 is 5.97 Å². The molecule has 1 aromatic carbocycles. The van der Waals surface area contributed by atoms with E-state index >= 15 is 0 Å². The predicted octanol–water partition coefficient (Wildman–Crippen LogP) is 8.68. The van der Waals surface area contributed by atoms with E-state index in [2.05, 4.69) is 20.8 Å². The van der Waals surface area contributed by atoms with Crippen LogP contribution in [0.15, 0.2) is 24.3 Å². The lowest BCUT2D eigenvalue weighted by atomic mass is 9.82. The van der Waals surface area contributed by atoms with Gasteiger partial charge in [-0.1, -0.05) is 141 Å². The summed E-state index contributed by atoms with van der Waals surface area (Å²) in [5.74, 6) is -1.62. The van der Waals surface area contributed by atoms with Crippen LogP contribution in [-0.4, -0.2) is 16.6 Å². The molecule has 210 valence electrons. The summed E-state index contributed by atoms with van der Waals surface area (Å²) in [5, 5.41) is 19.0. The number of unbranched alkanes of at least 4 members (excludes halogenated alkanes) is 15. The smallest absolute Gasteiger partial charge is 0.335 e. The van der Waals surface area contributed by atoms with Gasteiger partial charge >= 0.3 is 5.97 Å². The number of para-hydroxylation sites is 1. The van der Waals surface area contributed by atoms with Gasteiger partial charge in [-0.25, -0.2) is 4.79 Å². The van der Waals surface area contributed by atoms with Gasteiger partial charge in [0.05, 0.1) is 11.1 Å². The number of aromatic carboxylic acids is 1. The van der Waals surface area contributed by atoms with Crippen LogP contribution in [0.25, 0.3) is 0 Å². The van der Waals surface area contributed by atoms with Crippen LogP contribution in [0, 0.1) is 0 Å². The van der Waals surface area contributed by atoms with E-state index in [1.54, 1.807) is 0 Å². The highest BCUT2D eigenvalue weighted by molar-refractivity contribution is 5.90. The summed E-state index contributed by atoms with van der Waals surface area (Å²) in [4.78, 5) is 10.2. The Morgan fingerprint density at radius 2 is 1.00 bits per heavy atom. The van der Waals surface area contributed by atoms with E-state index in [1.165, 1.54) is 159 Å². The SMILES string of the molecule is CCCCCCCCC([NH3+])(CCCCCCCC)CCCCCCCC.O=C(O)c1ccccc1[O-]. The van der Waals surface area contributed by atoms with E-state index in [9.17, 15) is 9.90 Å². The Labute approximate surface area is 223 Å². The Hall–Kier alpha value is -1.55. The Balaban J connectivity index is 0.00000101. The molecule has 1 rings (SSSR count). The van der Waals surface area contributed by atoms with Crippen molar-refractivity contribution in [2.24, 2.45) is 0 Å². The molecule has 0 aromatic heterocycles. The fraction of sp³-hybridized carbons (Fsp3) is 0.781. The fourth-order valence-electron chi connectivity index (χ4n) is 4.86. The van der Waals surface area contributed by atoms with E-state index in [4.69, 9.17) is 10.8 Å². The molecule has 4 nitrogen and oxygen atoms in total. The van der Waals surface area contributed by atoms with Crippen molar-refractivity contribution in [3.05, 3.63) is 29.8 Å². The van der Waals surface area contributed by atoms with Crippen LogP contribution < -0.4 is 10.8 Å². The van der Waals surface area contributed by atoms with Gasteiger partial charge in [0.2, 0.25) is 0 Å². The standard InChI is InChI=1S/C25H53N.C7H6O3/c1-4-7-10-13-16-19-22-25(26,23-20-17-14-11-8-5-2)24-21-18-15-12-9-6-3;8-6-4-2-1-3-5(6)7(9)10/h4-24,26H2,1-3H3;1-4,8H,(H,9,10). The van der Waals surface area contributed by atoms with Gasteiger partial charge in [-0.3, -0.25) is 0 Å². The van der Waals surface area contributed by atoms with Gasteiger partial charge in [-0.15, -0.1) is 0 Å². The third-order valence-corrected chi connectivity index (χ3v) is 7.30. The molecule has 0 aliphatic carbocycles. The van der Waals surface area contributed by atoms with Crippen molar-refractivity contribution in [1.82, 2.24) is 0 Å². The summed E-state index contributed by atoms with van der Waals surface area (Å²) in [5.41, 5.74) is 4.98. The quantitative estimate of drug-likeness (QED) is 0.154. The van der Waals surface area contributed by atoms with Crippen molar-refractivity contribution in [1.29, 1.82) is 0 Å². The molecule has 4 N–H and O–H groups in total. The van der Waals surface area contributed by atoms with E-state index in [1.807, 2.05) is 0 Å². The van der Waals surface area contributed by atoms with Gasteiger partial charge in [-0.05, 0) is 25.3 Å². The Morgan fingerprint density at radius 3 is 1.31 bits per heavy atom. The number of carbonyl (C=O) groups is 1. The number of hydrogen-bond acceptors (Lipinski definition) is 2. The van der Waals surface area contributed by atoms with E-state index in [0.717, 1.165) is 0 Å². The Morgan fingerprint density at radius 1 is 0.667 bits per heavy atom. The molecule has 0 amide bonds. The monoisotopic (exact) mass is 505 g/mol. The second kappa shape index (κ2) is 23.8. The molecule has 0 unspecified atom stereocenters. The van der Waals surface area contributed by atoms with Gasteiger partial charge in [0, 0.05) is 19.3 Å². The van der Waals surface area contributed by atoms with Gasteiger partial charge < -0.3 is 15.9 Å². The zero-order valence-electron chi connectivity index (χ0n) is 24.1. The van der Waals surface area contributed by atoms with Crippen LogP contribution in [-0.2, 0) is 0 Å². The molecule has 1 aromatic rings. The van der Waals surface area contributed by atoms with Crippen LogP contribution in [0.5, 0.6) is 5.75 Å². The molecule has 0 saturated heterocycles. The summed E-state index contributed by atoms with van der Waals surface area (Å²) in [6.07, 6.45) is 29.7. The molecular weight excluding hydrogens is 446 g/mol. The molecular formula is C32H59NO3. The number of benzene rings is 1. The van der Waals surface area contributed by atoms with Crippen molar-refractivity contribution in [3.8, 4) is 5.75 Å². The van der Waals surface area contributed by atoms with E-state index < -0.39 is 11.7 Å². The van der Waals surface area contributed by atoms with Gasteiger partial charge in [0.15, 0.2) is 0 Å². The molecule has 0 radical (unpaired) electrons. The largest absolute Gasteiger partial charge is 0.872 e. The molecule has 0 atom stereocenters. The highest BCUT2D eigenvalue weighted by Crippen LogP contribution is 2.25. The molecule has 0 aliphatic rings. The molecule has 0 aliphatic heterocycles. The van der Waals surface area contributed by atoms with Crippen molar-refractivity contribution < 1.29 is 20.7 Å². The summed E-state index contributed by atoms with van der Waals surface area (Å²) in [6, 6.07) is 5.54. The third-order valence-electron chi connectivity index (χ3n) is 7.30. The fourth-order valence-corrected chi connectivity index (χ4v) is 4.86. The maximum Gasteiger partial charge on any atom is 0.335 e. The number of hydrogen-bond donors (Lipinski definition) is 2. The molecule has 0 heterocycles. The minimum absolute atomic E-state index is 0.178. The lowest BCUT2D eigenvalue weighted by molar-refractivity contribution is -0.484. The maximum atomic E-state index is 10.7.